The van der Waals surface area contributed by atoms with Crippen molar-refractivity contribution in [2.24, 2.45) is 5.92 Å². The third-order valence-electron chi connectivity index (χ3n) is 5.09. The van der Waals surface area contributed by atoms with Crippen molar-refractivity contribution in [1.29, 1.82) is 0 Å². The molecule has 1 saturated heterocycles. The van der Waals surface area contributed by atoms with E-state index in [1.807, 2.05) is 0 Å². The number of halogens is 1. The van der Waals surface area contributed by atoms with Crippen molar-refractivity contribution in [1.82, 2.24) is 5.32 Å². The summed E-state index contributed by atoms with van der Waals surface area (Å²) in [7, 11) is 0. The highest BCUT2D eigenvalue weighted by Gasteiger charge is 2.36. The molecule has 0 bridgehead atoms. The molecule has 1 saturated carbocycles. The number of hydrogen-bond acceptors (Lipinski definition) is 2. The first-order chi connectivity index (χ1) is 10.3. The maximum atomic E-state index is 6.58. The van der Waals surface area contributed by atoms with Gasteiger partial charge in [-0.3, -0.25) is 0 Å². The maximum absolute atomic E-state index is 6.58. The van der Waals surface area contributed by atoms with E-state index in [1.54, 1.807) is 0 Å². The number of nitrogens with zero attached hydrogens (tertiary/aromatic N) is 1. The zero-order valence-electron chi connectivity index (χ0n) is 13.1. The van der Waals surface area contributed by atoms with Gasteiger partial charge >= 0.3 is 0 Å². The molecule has 116 valence electrons. The van der Waals surface area contributed by atoms with Gasteiger partial charge in [-0.25, -0.2) is 0 Å². The van der Waals surface area contributed by atoms with Gasteiger partial charge in [-0.2, -0.15) is 0 Å². The SMILES string of the molecule is CCCNCc1ccc(N2CCC3CCCCC32)c(Cl)c1. The Kier molecular flexibility index (Phi) is 5.07. The van der Waals surface area contributed by atoms with Crippen molar-refractivity contribution < 1.29 is 0 Å². The average Bonchev–Trinajstić information content (AvgIpc) is 2.92. The number of fused-ring (bicyclic) bond motifs is 1. The fourth-order valence-electron chi connectivity index (χ4n) is 4.01. The van der Waals surface area contributed by atoms with E-state index in [2.05, 4.69) is 35.3 Å². The Labute approximate surface area is 133 Å². The summed E-state index contributed by atoms with van der Waals surface area (Å²) in [5.41, 5.74) is 2.54. The van der Waals surface area contributed by atoms with Gasteiger partial charge in [0.2, 0.25) is 0 Å². The van der Waals surface area contributed by atoms with Gasteiger partial charge in [-0.15, -0.1) is 0 Å². The second-order valence-electron chi connectivity index (χ2n) is 6.56. The Morgan fingerprint density at radius 1 is 1.24 bits per heavy atom. The Bertz CT molecular complexity index is 474. The predicted octanol–water partition coefficient (Wildman–Crippen LogP) is 4.61. The molecule has 2 aliphatic rings. The van der Waals surface area contributed by atoms with Crippen LogP contribution in [0.2, 0.25) is 5.02 Å². The van der Waals surface area contributed by atoms with Crippen LogP contribution in [-0.2, 0) is 6.54 Å². The molecule has 2 nitrogen and oxygen atoms in total. The Hall–Kier alpha value is -0.730. The first kappa shape index (κ1) is 15.2. The largest absolute Gasteiger partial charge is 0.367 e. The molecule has 0 aromatic heterocycles. The molecule has 2 fully saturated rings. The number of hydrogen-bond donors (Lipinski definition) is 1. The van der Waals surface area contributed by atoms with Crippen LogP contribution in [0.25, 0.3) is 0 Å². The first-order valence-electron chi connectivity index (χ1n) is 8.55. The van der Waals surface area contributed by atoms with Crippen LogP contribution in [0.1, 0.15) is 51.0 Å². The monoisotopic (exact) mass is 306 g/mol. The van der Waals surface area contributed by atoms with Crippen LogP contribution < -0.4 is 10.2 Å². The second kappa shape index (κ2) is 7.02. The zero-order chi connectivity index (χ0) is 14.7. The molecule has 1 heterocycles. The van der Waals surface area contributed by atoms with E-state index < -0.39 is 0 Å². The van der Waals surface area contributed by atoms with Gasteiger partial charge in [-0.05, 0) is 55.8 Å². The fraction of sp³-hybridized carbons (Fsp3) is 0.667. The van der Waals surface area contributed by atoms with Gasteiger partial charge in [0, 0.05) is 19.1 Å². The zero-order valence-corrected chi connectivity index (χ0v) is 13.8. The van der Waals surface area contributed by atoms with Gasteiger partial charge < -0.3 is 10.2 Å². The molecule has 1 aliphatic carbocycles. The number of nitrogens with one attached hydrogen (secondary N) is 1. The highest BCUT2D eigenvalue weighted by molar-refractivity contribution is 6.33. The third-order valence-corrected chi connectivity index (χ3v) is 5.39. The van der Waals surface area contributed by atoms with E-state index in [9.17, 15) is 0 Å². The van der Waals surface area contributed by atoms with Gasteiger partial charge in [0.15, 0.2) is 0 Å². The molecule has 1 aromatic carbocycles. The van der Waals surface area contributed by atoms with Crippen molar-refractivity contribution in [3.05, 3.63) is 28.8 Å². The second-order valence-corrected chi connectivity index (χ2v) is 6.96. The number of rotatable bonds is 5. The van der Waals surface area contributed by atoms with Crippen molar-refractivity contribution in [3.8, 4) is 0 Å². The van der Waals surface area contributed by atoms with E-state index in [-0.39, 0.29) is 0 Å². The molecular formula is C18H27ClN2. The lowest BCUT2D eigenvalue weighted by Crippen LogP contribution is -2.34. The van der Waals surface area contributed by atoms with Crippen molar-refractivity contribution in [3.63, 3.8) is 0 Å². The van der Waals surface area contributed by atoms with Crippen molar-refractivity contribution in [2.75, 3.05) is 18.0 Å². The summed E-state index contributed by atoms with van der Waals surface area (Å²) in [5, 5.41) is 4.37. The van der Waals surface area contributed by atoms with Gasteiger partial charge in [0.25, 0.3) is 0 Å². The highest BCUT2D eigenvalue weighted by atomic mass is 35.5. The van der Waals surface area contributed by atoms with Gasteiger partial charge in [0.1, 0.15) is 0 Å². The normalized spacial score (nSPS) is 25.1. The standard InChI is InChI=1S/C18H27ClN2/c1-2-10-20-13-14-7-8-18(16(19)12-14)21-11-9-15-5-3-4-6-17(15)21/h7-8,12,15,17,20H,2-6,9-11,13H2,1H3. The van der Waals surface area contributed by atoms with Gasteiger partial charge in [-0.1, -0.05) is 37.4 Å². The third kappa shape index (κ3) is 3.37. The van der Waals surface area contributed by atoms with Crippen LogP contribution >= 0.6 is 11.6 Å². The average molecular weight is 307 g/mol. The molecule has 3 rings (SSSR count). The number of benzene rings is 1. The highest BCUT2D eigenvalue weighted by Crippen LogP contribution is 2.41. The molecule has 1 aliphatic heterocycles. The lowest BCUT2D eigenvalue weighted by molar-refractivity contribution is 0.342. The quantitative estimate of drug-likeness (QED) is 0.799. The molecule has 1 N–H and O–H groups in total. The molecule has 3 heteroatoms. The van der Waals surface area contributed by atoms with Gasteiger partial charge in [0.05, 0.1) is 10.7 Å². The van der Waals surface area contributed by atoms with Crippen LogP contribution in [-0.4, -0.2) is 19.1 Å². The van der Waals surface area contributed by atoms with E-state index >= 15 is 0 Å². The predicted molar refractivity (Wildman–Crippen MR) is 91.2 cm³/mol. The summed E-state index contributed by atoms with van der Waals surface area (Å²) in [6.45, 7) is 5.36. The summed E-state index contributed by atoms with van der Waals surface area (Å²) in [5.74, 6) is 0.903. The minimum atomic E-state index is 0.736. The summed E-state index contributed by atoms with van der Waals surface area (Å²) >= 11 is 6.58. The van der Waals surface area contributed by atoms with Crippen LogP contribution in [0.5, 0.6) is 0 Å². The molecule has 1 aromatic rings. The smallest absolute Gasteiger partial charge is 0.0642 e. The molecule has 21 heavy (non-hydrogen) atoms. The van der Waals surface area contributed by atoms with E-state index in [4.69, 9.17) is 11.6 Å². The fourth-order valence-corrected chi connectivity index (χ4v) is 4.32. The van der Waals surface area contributed by atoms with Crippen LogP contribution in [0.3, 0.4) is 0 Å². The van der Waals surface area contributed by atoms with E-state index in [0.29, 0.717) is 0 Å². The Morgan fingerprint density at radius 2 is 2.10 bits per heavy atom. The van der Waals surface area contributed by atoms with E-state index in [1.165, 1.54) is 56.3 Å². The summed E-state index contributed by atoms with van der Waals surface area (Å²) in [6, 6.07) is 7.36. The Balaban J connectivity index is 1.70. The summed E-state index contributed by atoms with van der Waals surface area (Å²) < 4.78 is 0. The summed E-state index contributed by atoms with van der Waals surface area (Å²) in [6.07, 6.45) is 8.08. The van der Waals surface area contributed by atoms with Crippen LogP contribution in [0.15, 0.2) is 18.2 Å². The summed E-state index contributed by atoms with van der Waals surface area (Å²) in [4.78, 5) is 2.58. The first-order valence-corrected chi connectivity index (χ1v) is 8.93. The number of anilines is 1. The van der Waals surface area contributed by atoms with Crippen LogP contribution in [0.4, 0.5) is 5.69 Å². The molecule has 2 atom stereocenters. The Morgan fingerprint density at radius 3 is 2.90 bits per heavy atom. The molecule has 2 unspecified atom stereocenters. The molecule has 0 spiro atoms. The van der Waals surface area contributed by atoms with Crippen molar-refractivity contribution in [2.45, 2.75) is 58.0 Å². The van der Waals surface area contributed by atoms with Crippen LogP contribution in [0, 0.1) is 5.92 Å². The van der Waals surface area contributed by atoms with E-state index in [0.717, 1.165) is 30.1 Å². The lowest BCUT2D eigenvalue weighted by Gasteiger charge is -2.33. The minimum Gasteiger partial charge on any atom is -0.367 e. The molecule has 0 amide bonds. The minimum absolute atomic E-state index is 0.736. The van der Waals surface area contributed by atoms with Crippen molar-refractivity contribution >= 4 is 17.3 Å². The maximum Gasteiger partial charge on any atom is 0.0642 e. The molecular weight excluding hydrogens is 280 g/mol. The lowest BCUT2D eigenvalue weighted by atomic mass is 9.85. The molecule has 0 radical (unpaired) electrons. The topological polar surface area (TPSA) is 15.3 Å².